The molecule has 14 heteroatoms. The molecule has 2 atom stereocenters. The molecule has 2 aromatic rings. The number of anilines is 2. The molecule has 12 nitrogen and oxygen atoms in total. The lowest BCUT2D eigenvalue weighted by Gasteiger charge is -2.32. The summed E-state index contributed by atoms with van der Waals surface area (Å²) in [6.07, 6.45) is 4.08. The predicted molar refractivity (Wildman–Crippen MR) is 163 cm³/mol. The highest BCUT2D eigenvalue weighted by Crippen LogP contribution is 2.40. The third kappa shape index (κ3) is 7.10. The molecule has 0 saturated carbocycles. The van der Waals surface area contributed by atoms with Gasteiger partial charge in [0, 0.05) is 56.9 Å². The number of amides is 1. The van der Waals surface area contributed by atoms with Crippen LogP contribution in [0, 0.1) is 11.6 Å². The lowest BCUT2D eigenvalue weighted by molar-refractivity contribution is -0.111. The molecule has 1 unspecified atom stereocenters. The summed E-state index contributed by atoms with van der Waals surface area (Å²) in [5.74, 6) is 4.73. The number of nitrogens with two attached hydrogens (primary N) is 2. The summed E-state index contributed by atoms with van der Waals surface area (Å²) in [5, 5.41) is 4.30. The highest BCUT2D eigenvalue weighted by atomic mass is 19.1. The molecule has 0 radical (unpaired) electrons. The van der Waals surface area contributed by atoms with Gasteiger partial charge in [-0.15, -0.1) is 0 Å². The number of hydroxylamine groups is 2. The number of hydrogen-bond donors (Lipinski definition) is 4. The fourth-order valence-corrected chi connectivity index (χ4v) is 5.81. The number of carbonyl (C=O) groups is 1. The van der Waals surface area contributed by atoms with Crippen LogP contribution in [0.2, 0.25) is 0 Å². The molecule has 3 aliphatic heterocycles. The van der Waals surface area contributed by atoms with Crippen LogP contribution < -0.4 is 32.0 Å². The summed E-state index contributed by atoms with van der Waals surface area (Å²) in [4.78, 5) is 27.3. The number of methoxy groups -OCH3 is 1. The van der Waals surface area contributed by atoms with Gasteiger partial charge in [-0.1, -0.05) is 6.58 Å². The molecule has 0 spiro atoms. The number of aliphatic imine (C=N–C) groups is 1. The van der Waals surface area contributed by atoms with Crippen molar-refractivity contribution in [1.29, 1.82) is 0 Å². The second kappa shape index (κ2) is 14.0. The van der Waals surface area contributed by atoms with Crippen LogP contribution in [0.5, 0.6) is 5.75 Å². The Morgan fingerprint density at radius 1 is 1.11 bits per heavy atom. The van der Waals surface area contributed by atoms with E-state index in [1.165, 1.54) is 36.5 Å². The summed E-state index contributed by atoms with van der Waals surface area (Å²) in [5.41, 5.74) is 10.9. The number of rotatable bonds is 10. The highest BCUT2D eigenvalue weighted by Gasteiger charge is 2.32. The Labute approximate surface area is 254 Å². The van der Waals surface area contributed by atoms with E-state index in [0.29, 0.717) is 41.8 Å². The van der Waals surface area contributed by atoms with Crippen LogP contribution in [-0.4, -0.2) is 80.9 Å². The van der Waals surface area contributed by atoms with Crippen molar-refractivity contribution in [3.8, 4) is 5.75 Å². The first-order valence-corrected chi connectivity index (χ1v) is 14.4. The molecule has 1 amide bonds. The molecule has 3 saturated heterocycles. The van der Waals surface area contributed by atoms with Gasteiger partial charge in [-0.3, -0.25) is 14.5 Å². The second-order valence-corrected chi connectivity index (χ2v) is 10.6. The number of benzene rings is 2. The average molecular weight is 613 g/mol. The Morgan fingerprint density at radius 3 is 2.55 bits per heavy atom. The molecule has 2 aromatic carbocycles. The number of amidine groups is 1. The van der Waals surface area contributed by atoms with E-state index in [-0.39, 0.29) is 17.6 Å². The Kier molecular flexibility index (Phi) is 9.95. The largest absolute Gasteiger partial charge is 0.494 e. The standard InChI is InChI=1S/C30H38F2N8O4/c1-3-30(41)36-23-15-24(27(42-2)16-26(23)39-6-4-22(18-39)38-7-10-43-11-8-38)35-28(33)17-29(37-34)40-25(5-9-44-40)19-12-20(31)14-21(32)13-19/h3,12-17,22,25,37H,1,4-11,18,34H2,2H3,(H2,33,35)(H,36,41)/b29-17+/t22?,25-/m1/s1. The SMILES string of the molecule is C=CC(=O)Nc1cc(N=C(N)/C=C(\NN)N2OCC[C@@H]2c2cc(F)cc(F)c2)c(OC)cc1N1CCC(N2CCOCC2)C1. The molecule has 44 heavy (non-hydrogen) atoms. The summed E-state index contributed by atoms with van der Waals surface area (Å²) >= 11 is 0. The van der Waals surface area contributed by atoms with Gasteiger partial charge in [-0.2, -0.15) is 0 Å². The van der Waals surface area contributed by atoms with Crippen LogP contribution in [0.4, 0.5) is 25.8 Å². The van der Waals surface area contributed by atoms with Crippen LogP contribution in [0.1, 0.15) is 24.4 Å². The maximum absolute atomic E-state index is 13.9. The predicted octanol–water partition coefficient (Wildman–Crippen LogP) is 2.68. The second-order valence-electron chi connectivity index (χ2n) is 10.6. The smallest absolute Gasteiger partial charge is 0.247 e. The molecule has 5 rings (SSSR count). The fraction of sp³-hybridized carbons (Fsp3) is 0.400. The summed E-state index contributed by atoms with van der Waals surface area (Å²) in [6, 6.07) is 6.67. The zero-order chi connectivity index (χ0) is 31.2. The van der Waals surface area contributed by atoms with E-state index in [1.54, 1.807) is 6.07 Å². The minimum Gasteiger partial charge on any atom is -0.494 e. The topological polar surface area (TPSA) is 143 Å². The quantitative estimate of drug-likeness (QED) is 0.104. The first-order valence-electron chi connectivity index (χ1n) is 14.4. The summed E-state index contributed by atoms with van der Waals surface area (Å²) < 4.78 is 39.1. The lowest BCUT2D eigenvalue weighted by Crippen LogP contribution is -2.44. The third-order valence-corrected chi connectivity index (χ3v) is 7.90. The van der Waals surface area contributed by atoms with E-state index < -0.39 is 17.7 Å². The van der Waals surface area contributed by atoms with Gasteiger partial charge in [-0.05, 0) is 36.3 Å². The Hall–Kier alpha value is -4.24. The third-order valence-electron chi connectivity index (χ3n) is 7.90. The Bertz CT molecular complexity index is 1410. The van der Waals surface area contributed by atoms with Crippen LogP contribution in [0.25, 0.3) is 0 Å². The van der Waals surface area contributed by atoms with Crippen molar-refractivity contribution in [2.75, 3.05) is 63.3 Å². The lowest BCUT2D eigenvalue weighted by atomic mass is 10.0. The highest BCUT2D eigenvalue weighted by molar-refractivity contribution is 6.02. The molecule has 0 bridgehead atoms. The summed E-state index contributed by atoms with van der Waals surface area (Å²) in [7, 11) is 1.53. The molecule has 3 heterocycles. The monoisotopic (exact) mass is 612 g/mol. The zero-order valence-electron chi connectivity index (χ0n) is 24.6. The molecule has 6 N–H and O–H groups in total. The Balaban J connectivity index is 1.43. The van der Waals surface area contributed by atoms with E-state index in [4.69, 9.17) is 25.9 Å². The van der Waals surface area contributed by atoms with Crippen LogP contribution >= 0.6 is 0 Å². The van der Waals surface area contributed by atoms with Crippen molar-refractivity contribution < 1.29 is 27.9 Å². The van der Waals surface area contributed by atoms with E-state index in [2.05, 4.69) is 32.1 Å². The molecule has 0 aromatic heterocycles. The zero-order valence-corrected chi connectivity index (χ0v) is 24.6. The molecule has 3 fully saturated rings. The van der Waals surface area contributed by atoms with Crippen LogP contribution in [0.15, 0.2) is 59.9 Å². The van der Waals surface area contributed by atoms with Gasteiger partial charge in [0.15, 0.2) is 0 Å². The van der Waals surface area contributed by atoms with E-state index in [1.807, 2.05) is 6.07 Å². The number of carbonyl (C=O) groups excluding carboxylic acids is 1. The van der Waals surface area contributed by atoms with Crippen LogP contribution in [0.3, 0.4) is 0 Å². The summed E-state index contributed by atoms with van der Waals surface area (Å²) in [6.45, 7) is 8.69. The first kappa shape index (κ1) is 31.2. The van der Waals surface area contributed by atoms with Gasteiger partial charge >= 0.3 is 0 Å². The number of ether oxygens (including phenoxy) is 2. The van der Waals surface area contributed by atoms with Gasteiger partial charge in [0.2, 0.25) is 5.91 Å². The minimum atomic E-state index is -0.695. The molecule has 3 aliphatic rings. The van der Waals surface area contributed by atoms with Gasteiger partial charge in [0.05, 0.1) is 44.3 Å². The van der Waals surface area contributed by atoms with Gasteiger partial charge < -0.3 is 30.8 Å². The number of nitrogens with one attached hydrogen (secondary N) is 2. The number of nitrogens with zero attached hydrogens (tertiary/aromatic N) is 4. The van der Waals surface area contributed by atoms with Crippen molar-refractivity contribution in [3.63, 3.8) is 0 Å². The normalized spacial score (nSPS) is 21.5. The molecular weight excluding hydrogens is 574 g/mol. The first-order chi connectivity index (χ1) is 21.3. The maximum atomic E-state index is 13.9. The Morgan fingerprint density at radius 2 is 1.86 bits per heavy atom. The fourth-order valence-electron chi connectivity index (χ4n) is 5.81. The molecule has 0 aliphatic carbocycles. The van der Waals surface area contributed by atoms with Crippen molar-refractivity contribution in [2.45, 2.75) is 24.9 Å². The minimum absolute atomic E-state index is 0.0261. The van der Waals surface area contributed by atoms with Gasteiger partial charge in [0.25, 0.3) is 0 Å². The van der Waals surface area contributed by atoms with E-state index in [9.17, 15) is 13.6 Å². The van der Waals surface area contributed by atoms with Crippen molar-refractivity contribution in [2.24, 2.45) is 16.6 Å². The van der Waals surface area contributed by atoms with Crippen molar-refractivity contribution >= 4 is 28.8 Å². The van der Waals surface area contributed by atoms with Gasteiger partial charge in [0.1, 0.15) is 34.7 Å². The number of halogens is 2. The number of morpholine rings is 1. The maximum Gasteiger partial charge on any atom is 0.247 e. The number of hydrogen-bond acceptors (Lipinski definition) is 10. The average Bonchev–Trinajstić information content (AvgIpc) is 3.71. The van der Waals surface area contributed by atoms with E-state index in [0.717, 1.165) is 57.6 Å². The van der Waals surface area contributed by atoms with Crippen molar-refractivity contribution in [1.82, 2.24) is 15.4 Å². The molecular formula is C30H38F2N8O4. The van der Waals surface area contributed by atoms with E-state index >= 15 is 0 Å². The van der Waals surface area contributed by atoms with Gasteiger partial charge in [-0.25, -0.2) is 24.7 Å². The van der Waals surface area contributed by atoms with Crippen LogP contribution in [-0.2, 0) is 14.4 Å². The van der Waals surface area contributed by atoms with Crippen molar-refractivity contribution in [3.05, 3.63) is 72.1 Å². The molecule has 236 valence electrons. The number of hydrazine groups is 1.